The van der Waals surface area contributed by atoms with Crippen LogP contribution >= 0.6 is 0 Å². The van der Waals surface area contributed by atoms with Gasteiger partial charge in [-0.25, -0.2) is 0 Å². The van der Waals surface area contributed by atoms with Gasteiger partial charge in [-0.3, -0.25) is 0 Å². The Morgan fingerprint density at radius 2 is 2.09 bits per heavy atom. The number of hydrogen-bond donors (Lipinski definition) is 2. The molecule has 0 amide bonds. The molecule has 0 aliphatic rings. The van der Waals surface area contributed by atoms with E-state index < -0.39 is 0 Å². The Kier molecular flexibility index (Phi) is 5.81. The van der Waals surface area contributed by atoms with E-state index in [0.717, 1.165) is 6.42 Å². The van der Waals surface area contributed by atoms with E-state index in [9.17, 15) is 0 Å². The molecule has 0 bridgehead atoms. The number of aliphatic hydroxyl groups excluding tert-OH is 1. The summed E-state index contributed by atoms with van der Waals surface area (Å²) >= 11 is 0. The maximum absolute atomic E-state index is 8.57. The summed E-state index contributed by atoms with van der Waals surface area (Å²) in [7, 11) is 0. The average molecular weight is 156 g/mol. The minimum absolute atomic E-state index is 0.202. The van der Waals surface area contributed by atoms with Gasteiger partial charge in [0.15, 0.2) is 0 Å². The Morgan fingerprint density at radius 3 is 2.55 bits per heavy atom. The Labute approximate surface area is 68.0 Å². The first kappa shape index (κ1) is 10.4. The van der Waals surface area contributed by atoms with Gasteiger partial charge in [0.25, 0.3) is 0 Å². The molecule has 2 N–H and O–H groups in total. The molecule has 0 saturated carbocycles. The molecule has 0 aromatic rings. The van der Waals surface area contributed by atoms with Crippen molar-refractivity contribution in [3.63, 3.8) is 0 Å². The number of aliphatic hydroxyl groups is 1. The Morgan fingerprint density at radius 1 is 1.45 bits per heavy atom. The maximum atomic E-state index is 8.57. The number of hydrogen-bond acceptors (Lipinski definition) is 3. The third-order valence-corrected chi connectivity index (χ3v) is 1.53. The molecule has 0 aromatic heterocycles. The van der Waals surface area contributed by atoms with E-state index in [-0.39, 0.29) is 12.6 Å². The lowest BCUT2D eigenvalue weighted by molar-refractivity contribution is 0.264. The van der Waals surface area contributed by atoms with E-state index in [4.69, 9.17) is 10.4 Å². The van der Waals surface area contributed by atoms with Crippen LogP contribution in [-0.4, -0.2) is 23.8 Å². The highest BCUT2D eigenvalue weighted by atomic mass is 16.3. The SMILES string of the molecule is CC(CC#N)NC(C)CCO. The second kappa shape index (κ2) is 6.14. The van der Waals surface area contributed by atoms with Crippen molar-refractivity contribution < 1.29 is 5.11 Å². The van der Waals surface area contributed by atoms with Crippen molar-refractivity contribution in [3.05, 3.63) is 0 Å². The number of rotatable bonds is 5. The molecule has 0 aliphatic carbocycles. The minimum Gasteiger partial charge on any atom is -0.396 e. The maximum Gasteiger partial charge on any atom is 0.0638 e. The predicted molar refractivity (Wildman–Crippen MR) is 44.0 cm³/mol. The van der Waals surface area contributed by atoms with E-state index in [0.29, 0.717) is 12.5 Å². The van der Waals surface area contributed by atoms with E-state index >= 15 is 0 Å². The highest BCUT2D eigenvalue weighted by Crippen LogP contribution is 1.94. The second-order valence-electron chi connectivity index (χ2n) is 2.84. The summed E-state index contributed by atoms with van der Waals surface area (Å²) in [5.74, 6) is 0. The van der Waals surface area contributed by atoms with Crippen LogP contribution in [0.25, 0.3) is 0 Å². The van der Waals surface area contributed by atoms with Gasteiger partial charge in [0.05, 0.1) is 12.5 Å². The van der Waals surface area contributed by atoms with Crippen LogP contribution in [0.5, 0.6) is 0 Å². The summed E-state index contributed by atoms with van der Waals surface area (Å²) in [6.45, 7) is 4.18. The zero-order chi connectivity index (χ0) is 8.69. The smallest absolute Gasteiger partial charge is 0.0638 e. The van der Waals surface area contributed by atoms with Gasteiger partial charge in [0.2, 0.25) is 0 Å². The summed E-state index contributed by atoms with van der Waals surface area (Å²) < 4.78 is 0. The molecule has 0 saturated heterocycles. The molecular weight excluding hydrogens is 140 g/mol. The monoisotopic (exact) mass is 156 g/mol. The van der Waals surface area contributed by atoms with E-state index in [2.05, 4.69) is 11.4 Å². The van der Waals surface area contributed by atoms with Crippen molar-refractivity contribution in [2.75, 3.05) is 6.61 Å². The minimum atomic E-state index is 0.202. The zero-order valence-corrected chi connectivity index (χ0v) is 7.17. The number of nitrogens with one attached hydrogen (secondary N) is 1. The van der Waals surface area contributed by atoms with Gasteiger partial charge in [-0.1, -0.05) is 0 Å². The fourth-order valence-corrected chi connectivity index (χ4v) is 0.959. The predicted octanol–water partition coefficient (Wildman–Crippen LogP) is 0.649. The van der Waals surface area contributed by atoms with Crippen molar-refractivity contribution in [1.29, 1.82) is 5.26 Å². The average Bonchev–Trinajstić information content (AvgIpc) is 1.87. The third-order valence-electron chi connectivity index (χ3n) is 1.53. The Hall–Kier alpha value is -0.590. The van der Waals surface area contributed by atoms with Crippen molar-refractivity contribution in [2.45, 2.75) is 38.8 Å². The van der Waals surface area contributed by atoms with Crippen LogP contribution in [0.4, 0.5) is 0 Å². The largest absolute Gasteiger partial charge is 0.396 e. The van der Waals surface area contributed by atoms with Gasteiger partial charge in [-0.05, 0) is 20.3 Å². The molecule has 2 atom stereocenters. The van der Waals surface area contributed by atoms with Crippen LogP contribution in [0, 0.1) is 11.3 Å². The molecule has 0 rings (SSSR count). The van der Waals surface area contributed by atoms with Crippen LogP contribution in [0.1, 0.15) is 26.7 Å². The first-order valence-electron chi connectivity index (χ1n) is 3.94. The molecule has 0 spiro atoms. The summed E-state index contributed by atoms with van der Waals surface area (Å²) in [6, 6.07) is 2.61. The second-order valence-corrected chi connectivity index (χ2v) is 2.84. The molecule has 0 fully saturated rings. The van der Waals surface area contributed by atoms with Crippen molar-refractivity contribution >= 4 is 0 Å². The molecule has 0 heterocycles. The lowest BCUT2D eigenvalue weighted by Gasteiger charge is -2.16. The normalized spacial score (nSPS) is 15.5. The van der Waals surface area contributed by atoms with Crippen LogP contribution in [-0.2, 0) is 0 Å². The summed E-state index contributed by atoms with van der Waals surface area (Å²) in [5.41, 5.74) is 0. The molecule has 0 aromatic carbocycles. The van der Waals surface area contributed by atoms with E-state index in [1.807, 2.05) is 13.8 Å². The highest BCUT2D eigenvalue weighted by Gasteiger charge is 2.05. The third kappa shape index (κ3) is 5.84. The molecule has 0 radical (unpaired) electrons. The molecule has 64 valence electrons. The van der Waals surface area contributed by atoms with Crippen molar-refractivity contribution in [3.8, 4) is 6.07 Å². The van der Waals surface area contributed by atoms with Gasteiger partial charge in [-0.2, -0.15) is 5.26 Å². The molecule has 0 aliphatic heterocycles. The van der Waals surface area contributed by atoms with Gasteiger partial charge in [0, 0.05) is 18.7 Å². The topological polar surface area (TPSA) is 56.0 Å². The van der Waals surface area contributed by atoms with Crippen LogP contribution in [0.2, 0.25) is 0 Å². The summed E-state index contributed by atoms with van der Waals surface area (Å²) in [6.07, 6.45) is 1.27. The molecule has 11 heavy (non-hydrogen) atoms. The quantitative estimate of drug-likeness (QED) is 0.614. The van der Waals surface area contributed by atoms with Crippen LogP contribution in [0.3, 0.4) is 0 Å². The van der Waals surface area contributed by atoms with Crippen molar-refractivity contribution in [1.82, 2.24) is 5.32 Å². The highest BCUT2D eigenvalue weighted by molar-refractivity contribution is 4.79. The first-order chi connectivity index (χ1) is 5.20. The van der Waals surface area contributed by atoms with Crippen LogP contribution < -0.4 is 5.32 Å². The van der Waals surface area contributed by atoms with Gasteiger partial charge < -0.3 is 10.4 Å². The molecule has 2 unspecified atom stereocenters. The van der Waals surface area contributed by atoms with E-state index in [1.54, 1.807) is 0 Å². The Balaban J connectivity index is 3.41. The zero-order valence-electron chi connectivity index (χ0n) is 7.17. The van der Waals surface area contributed by atoms with Crippen molar-refractivity contribution in [2.24, 2.45) is 0 Å². The lowest BCUT2D eigenvalue weighted by atomic mass is 10.2. The molecule has 3 heteroatoms. The molecule has 3 nitrogen and oxygen atoms in total. The number of nitrogens with zero attached hydrogens (tertiary/aromatic N) is 1. The Bertz CT molecular complexity index is 131. The van der Waals surface area contributed by atoms with Crippen LogP contribution in [0.15, 0.2) is 0 Å². The fraction of sp³-hybridized carbons (Fsp3) is 0.875. The first-order valence-corrected chi connectivity index (χ1v) is 3.94. The summed E-state index contributed by atoms with van der Waals surface area (Å²) in [4.78, 5) is 0. The fourth-order valence-electron chi connectivity index (χ4n) is 0.959. The number of nitriles is 1. The lowest BCUT2D eigenvalue weighted by Crippen LogP contribution is -2.34. The van der Waals surface area contributed by atoms with Gasteiger partial charge in [-0.15, -0.1) is 0 Å². The van der Waals surface area contributed by atoms with Gasteiger partial charge in [0.1, 0.15) is 0 Å². The van der Waals surface area contributed by atoms with E-state index in [1.165, 1.54) is 0 Å². The molecular formula is C8H16N2O. The standard InChI is InChI=1S/C8H16N2O/c1-7(3-5-9)10-8(2)4-6-11/h7-8,10-11H,3-4,6H2,1-2H3. The van der Waals surface area contributed by atoms with Gasteiger partial charge >= 0.3 is 0 Å². The summed E-state index contributed by atoms with van der Waals surface area (Å²) in [5, 5.41) is 20.1.